The van der Waals surface area contributed by atoms with Gasteiger partial charge in [0, 0.05) is 0 Å². The number of aryl methyl sites for hydroxylation is 2. The van der Waals surface area contributed by atoms with E-state index in [4.69, 9.17) is 0 Å². The van der Waals surface area contributed by atoms with Gasteiger partial charge in [-0.25, -0.2) is 0 Å². The van der Waals surface area contributed by atoms with Crippen molar-refractivity contribution in [1.82, 2.24) is 0 Å². The summed E-state index contributed by atoms with van der Waals surface area (Å²) < 4.78 is 0. The first-order chi connectivity index (χ1) is 5.29. The van der Waals surface area contributed by atoms with Gasteiger partial charge >= 0.3 is 0 Å². The van der Waals surface area contributed by atoms with Gasteiger partial charge in [0.15, 0.2) is 0 Å². The Morgan fingerprint density at radius 2 is 1.45 bits per heavy atom. The van der Waals surface area contributed by atoms with E-state index in [1.165, 1.54) is 16.7 Å². The molecular formula is C11H16. The average Bonchev–Trinajstić information content (AvgIpc) is 2.05. The third kappa shape index (κ3) is 1.62. The summed E-state index contributed by atoms with van der Waals surface area (Å²) >= 11 is 0. The fourth-order valence-electron chi connectivity index (χ4n) is 1.50. The Balaban J connectivity index is 3.10. The minimum Gasteiger partial charge on any atom is -0.0617 e. The molecule has 0 atom stereocenters. The Bertz CT molecular complexity index is 214. The molecule has 0 amide bonds. The number of benzene rings is 1. The molecule has 0 nitrogen and oxygen atoms in total. The van der Waals surface area contributed by atoms with Crippen molar-refractivity contribution in [3.05, 3.63) is 34.9 Å². The van der Waals surface area contributed by atoms with Crippen LogP contribution >= 0.6 is 0 Å². The zero-order valence-corrected chi connectivity index (χ0v) is 7.65. The van der Waals surface area contributed by atoms with Gasteiger partial charge in [0.25, 0.3) is 0 Å². The highest BCUT2D eigenvalue weighted by Gasteiger charge is 1.98. The summed E-state index contributed by atoms with van der Waals surface area (Å²) in [6.07, 6.45) is 2.30. The Labute approximate surface area is 69.3 Å². The molecule has 11 heavy (non-hydrogen) atoms. The average molecular weight is 148 g/mol. The van der Waals surface area contributed by atoms with E-state index >= 15 is 0 Å². The van der Waals surface area contributed by atoms with Gasteiger partial charge in [-0.2, -0.15) is 0 Å². The summed E-state index contributed by atoms with van der Waals surface area (Å²) in [5.41, 5.74) is 4.46. The van der Waals surface area contributed by atoms with Crippen molar-refractivity contribution in [2.45, 2.75) is 33.6 Å². The van der Waals surface area contributed by atoms with Gasteiger partial charge in [0.1, 0.15) is 0 Å². The van der Waals surface area contributed by atoms with Crippen LogP contribution in [0.2, 0.25) is 0 Å². The summed E-state index contributed by atoms with van der Waals surface area (Å²) in [5, 5.41) is 0. The van der Waals surface area contributed by atoms with Gasteiger partial charge in [-0.3, -0.25) is 0 Å². The molecule has 0 spiro atoms. The summed E-state index contributed by atoms with van der Waals surface area (Å²) in [4.78, 5) is 0. The molecule has 0 heterocycles. The van der Waals surface area contributed by atoms with Crippen LogP contribution in [0.25, 0.3) is 0 Å². The maximum atomic E-state index is 2.22. The Kier molecular flexibility index (Phi) is 2.70. The van der Waals surface area contributed by atoms with Crippen molar-refractivity contribution in [3.8, 4) is 0 Å². The van der Waals surface area contributed by atoms with Crippen LogP contribution in [-0.4, -0.2) is 0 Å². The van der Waals surface area contributed by atoms with E-state index in [0.29, 0.717) is 0 Å². The van der Waals surface area contributed by atoms with Crippen LogP contribution in [0.4, 0.5) is 0 Å². The molecule has 0 aliphatic heterocycles. The molecule has 60 valence electrons. The topological polar surface area (TPSA) is 0 Å². The predicted octanol–water partition coefficient (Wildman–Crippen LogP) is 3.12. The minimum absolute atomic E-state index is 1.15. The molecule has 0 fully saturated rings. The molecule has 0 saturated carbocycles. The second-order valence-electron chi connectivity index (χ2n) is 2.91. The molecule has 0 aromatic heterocycles. The molecule has 0 radical (unpaired) electrons. The van der Waals surface area contributed by atoms with Gasteiger partial charge in [-0.15, -0.1) is 0 Å². The molecule has 0 bridgehead atoms. The van der Waals surface area contributed by atoms with Gasteiger partial charge in [0.05, 0.1) is 0 Å². The highest BCUT2D eigenvalue weighted by atomic mass is 14.0. The molecule has 0 saturated heterocycles. The van der Waals surface area contributed by atoms with Gasteiger partial charge < -0.3 is 0 Å². The number of hydrogen-bond acceptors (Lipinski definition) is 0. The van der Waals surface area contributed by atoms with Crippen molar-refractivity contribution in [3.63, 3.8) is 0 Å². The predicted molar refractivity (Wildman–Crippen MR) is 49.9 cm³/mol. The number of hydrogen-bond donors (Lipinski definition) is 0. The van der Waals surface area contributed by atoms with E-state index in [2.05, 4.69) is 39.0 Å². The minimum atomic E-state index is 1.15. The first-order valence-corrected chi connectivity index (χ1v) is 4.37. The first-order valence-electron chi connectivity index (χ1n) is 4.37. The fraction of sp³-hybridized carbons (Fsp3) is 0.455. The van der Waals surface area contributed by atoms with Crippen LogP contribution in [0.15, 0.2) is 18.2 Å². The second-order valence-corrected chi connectivity index (χ2v) is 2.91. The summed E-state index contributed by atoms with van der Waals surface area (Å²) in [7, 11) is 0. The molecular weight excluding hydrogens is 132 g/mol. The van der Waals surface area contributed by atoms with Crippen LogP contribution in [-0.2, 0) is 12.8 Å². The molecule has 0 aliphatic rings. The normalized spacial score (nSPS) is 10.1. The maximum Gasteiger partial charge on any atom is -0.0305 e. The largest absolute Gasteiger partial charge is 0.0617 e. The van der Waals surface area contributed by atoms with Crippen molar-refractivity contribution < 1.29 is 0 Å². The van der Waals surface area contributed by atoms with Gasteiger partial charge in [0.2, 0.25) is 0 Å². The summed E-state index contributed by atoms with van der Waals surface area (Å²) in [6, 6.07) is 6.59. The summed E-state index contributed by atoms with van der Waals surface area (Å²) in [5.74, 6) is 0. The fourth-order valence-corrected chi connectivity index (χ4v) is 1.50. The smallest absolute Gasteiger partial charge is 0.0305 e. The van der Waals surface area contributed by atoms with Crippen LogP contribution in [0.5, 0.6) is 0 Å². The standard InChI is InChI=1S/C11H16/c1-4-10-7-6-8-11(5-2)9(10)3/h6-8H,4-5H2,1-3H3. The third-order valence-corrected chi connectivity index (χ3v) is 2.32. The van der Waals surface area contributed by atoms with Crippen molar-refractivity contribution in [1.29, 1.82) is 0 Å². The van der Waals surface area contributed by atoms with E-state index in [9.17, 15) is 0 Å². The van der Waals surface area contributed by atoms with E-state index in [1.807, 2.05) is 0 Å². The molecule has 1 aromatic rings. The number of rotatable bonds is 2. The zero-order valence-electron chi connectivity index (χ0n) is 7.65. The maximum absolute atomic E-state index is 2.22. The SMILES string of the molecule is CCc1cccc(CC)c1C. The van der Waals surface area contributed by atoms with Crippen LogP contribution in [0.3, 0.4) is 0 Å². The van der Waals surface area contributed by atoms with Crippen LogP contribution in [0.1, 0.15) is 30.5 Å². The zero-order chi connectivity index (χ0) is 8.27. The quantitative estimate of drug-likeness (QED) is 0.604. The monoisotopic (exact) mass is 148 g/mol. The lowest BCUT2D eigenvalue weighted by Gasteiger charge is -2.06. The van der Waals surface area contributed by atoms with Crippen LogP contribution < -0.4 is 0 Å². The molecule has 1 rings (SSSR count). The molecule has 0 heteroatoms. The lowest BCUT2D eigenvalue weighted by Crippen LogP contribution is -1.91. The molecule has 0 N–H and O–H groups in total. The Hall–Kier alpha value is -0.780. The summed E-state index contributed by atoms with van der Waals surface area (Å²) in [6.45, 7) is 6.64. The molecule has 1 aromatic carbocycles. The molecule has 0 unspecified atom stereocenters. The lowest BCUT2D eigenvalue weighted by molar-refractivity contribution is 1.05. The van der Waals surface area contributed by atoms with E-state index in [1.54, 1.807) is 0 Å². The van der Waals surface area contributed by atoms with Crippen molar-refractivity contribution >= 4 is 0 Å². The first kappa shape index (κ1) is 8.32. The van der Waals surface area contributed by atoms with Gasteiger partial charge in [-0.1, -0.05) is 32.0 Å². The lowest BCUT2D eigenvalue weighted by atomic mass is 9.99. The molecule has 0 aliphatic carbocycles. The van der Waals surface area contributed by atoms with Crippen molar-refractivity contribution in [2.24, 2.45) is 0 Å². The van der Waals surface area contributed by atoms with E-state index < -0.39 is 0 Å². The van der Waals surface area contributed by atoms with Crippen LogP contribution in [0, 0.1) is 6.92 Å². The third-order valence-electron chi connectivity index (χ3n) is 2.32. The second kappa shape index (κ2) is 3.56. The van der Waals surface area contributed by atoms with Gasteiger partial charge in [-0.05, 0) is 36.5 Å². The van der Waals surface area contributed by atoms with E-state index in [0.717, 1.165) is 12.8 Å². The highest BCUT2D eigenvalue weighted by Crippen LogP contribution is 2.14. The van der Waals surface area contributed by atoms with Crippen molar-refractivity contribution in [2.75, 3.05) is 0 Å². The Morgan fingerprint density at radius 3 is 1.82 bits per heavy atom. The Morgan fingerprint density at radius 1 is 1.00 bits per heavy atom. The van der Waals surface area contributed by atoms with E-state index in [-0.39, 0.29) is 0 Å². The highest BCUT2D eigenvalue weighted by molar-refractivity contribution is 5.33.